The van der Waals surface area contributed by atoms with Crippen LogP contribution < -0.4 is 4.90 Å². The van der Waals surface area contributed by atoms with Crippen molar-refractivity contribution in [2.45, 2.75) is 12.1 Å². The number of aromatic nitrogens is 1. The number of carbonyl (C=O) groups excluding carboxylic acids is 3. The Morgan fingerprint density at radius 1 is 0.968 bits per heavy atom. The number of nitrogens with zero attached hydrogens (tertiary/aromatic N) is 4. The molecule has 2 aromatic carbocycles. The average Bonchev–Trinajstić information content (AvgIpc) is 3.23. The third kappa shape index (κ3) is 2.83. The summed E-state index contributed by atoms with van der Waals surface area (Å²) in [5, 5.41) is 0.552. The van der Waals surface area contributed by atoms with Crippen molar-refractivity contribution in [1.29, 1.82) is 0 Å². The maximum atomic E-state index is 13.5. The number of likely N-dealkylation sites (N-methyl/N-ethyl adjacent to an activating group) is 2. The van der Waals surface area contributed by atoms with Crippen LogP contribution in [0, 0.1) is 0 Å². The number of hydrogen-bond acceptors (Lipinski definition) is 5. The first-order chi connectivity index (χ1) is 14.9. The Hall–Kier alpha value is -3.65. The highest BCUT2D eigenvalue weighted by molar-refractivity contribution is 6.30. The number of oxazole rings is 1. The molecule has 0 saturated carbocycles. The van der Waals surface area contributed by atoms with Gasteiger partial charge in [0.15, 0.2) is 11.5 Å². The second-order valence-electron chi connectivity index (χ2n) is 7.43. The van der Waals surface area contributed by atoms with Crippen LogP contribution in [0.25, 0.3) is 11.5 Å². The van der Waals surface area contributed by atoms with Crippen LogP contribution in [0.2, 0.25) is 5.02 Å². The molecule has 8 nitrogen and oxygen atoms in total. The molecule has 1 aromatic heterocycles. The molecular formula is C22H17ClN4O4. The van der Waals surface area contributed by atoms with Gasteiger partial charge in [-0.25, -0.2) is 9.78 Å². The minimum atomic E-state index is -0.908. The molecule has 2 aliphatic rings. The number of halogens is 1. The van der Waals surface area contributed by atoms with Gasteiger partial charge in [0.05, 0.1) is 0 Å². The van der Waals surface area contributed by atoms with Gasteiger partial charge in [-0.05, 0) is 36.4 Å². The van der Waals surface area contributed by atoms with E-state index in [0.29, 0.717) is 16.3 Å². The minimum absolute atomic E-state index is 0.0551. The van der Waals surface area contributed by atoms with E-state index in [4.69, 9.17) is 16.0 Å². The van der Waals surface area contributed by atoms with Gasteiger partial charge in [-0.2, -0.15) is 0 Å². The van der Waals surface area contributed by atoms with Crippen LogP contribution in [0.1, 0.15) is 22.2 Å². The van der Waals surface area contributed by atoms with Gasteiger partial charge in [-0.3, -0.25) is 19.4 Å². The van der Waals surface area contributed by atoms with Crippen LogP contribution in [0.5, 0.6) is 0 Å². The van der Waals surface area contributed by atoms with Crippen LogP contribution in [-0.2, 0) is 4.79 Å². The second kappa shape index (κ2) is 6.95. The number of rotatable bonds is 2. The number of imide groups is 1. The number of carbonyl (C=O) groups is 3. The van der Waals surface area contributed by atoms with E-state index in [-0.39, 0.29) is 17.3 Å². The molecule has 0 radical (unpaired) electrons. The molecule has 1 fully saturated rings. The van der Waals surface area contributed by atoms with Crippen molar-refractivity contribution >= 4 is 35.1 Å². The molecule has 2 unspecified atom stereocenters. The first-order valence-electron chi connectivity index (χ1n) is 9.58. The zero-order valence-electron chi connectivity index (χ0n) is 16.7. The largest absolute Gasteiger partial charge is 0.439 e. The lowest BCUT2D eigenvalue weighted by atomic mass is 9.90. The van der Waals surface area contributed by atoms with Crippen LogP contribution >= 0.6 is 11.6 Å². The Bertz CT molecular complexity index is 1210. The Morgan fingerprint density at radius 3 is 2.32 bits per heavy atom. The highest BCUT2D eigenvalue weighted by Gasteiger charge is 2.55. The molecule has 9 heteroatoms. The maximum absolute atomic E-state index is 13.5. The molecule has 3 aromatic rings. The van der Waals surface area contributed by atoms with Gasteiger partial charge in [0, 0.05) is 30.4 Å². The molecule has 0 spiro atoms. The van der Waals surface area contributed by atoms with E-state index in [1.807, 2.05) is 6.07 Å². The molecule has 0 N–H and O–H groups in total. The summed E-state index contributed by atoms with van der Waals surface area (Å²) in [6.07, 6.45) is -0.871. The van der Waals surface area contributed by atoms with Crippen LogP contribution in [0.4, 0.5) is 10.5 Å². The average molecular weight is 437 g/mol. The lowest BCUT2D eigenvalue weighted by Gasteiger charge is -2.47. The lowest BCUT2D eigenvalue weighted by Crippen LogP contribution is -2.66. The highest BCUT2D eigenvalue weighted by atomic mass is 35.5. The fraction of sp³-hybridized carbons (Fsp3) is 0.182. The minimum Gasteiger partial charge on any atom is -0.439 e. The van der Waals surface area contributed by atoms with Gasteiger partial charge >= 0.3 is 6.03 Å². The molecule has 5 rings (SSSR count). The van der Waals surface area contributed by atoms with Crippen LogP contribution in [-0.4, -0.2) is 52.9 Å². The number of urea groups is 1. The van der Waals surface area contributed by atoms with Crippen molar-refractivity contribution < 1.29 is 18.8 Å². The number of benzene rings is 2. The van der Waals surface area contributed by atoms with Crippen molar-refractivity contribution in [2.24, 2.45) is 0 Å². The van der Waals surface area contributed by atoms with Gasteiger partial charge in [0.25, 0.3) is 5.91 Å². The zero-order chi connectivity index (χ0) is 21.9. The van der Waals surface area contributed by atoms with E-state index in [1.54, 1.807) is 55.6 Å². The third-order valence-corrected chi connectivity index (χ3v) is 5.88. The SMILES string of the molecule is CN1C(=O)C2c3oc(-c4ccc(Cl)cc4)nc3C(=O)N(c3ccccc3)C2N(C)C1=O. The number of para-hydroxylation sites is 1. The van der Waals surface area contributed by atoms with E-state index >= 15 is 0 Å². The molecule has 156 valence electrons. The smallest absolute Gasteiger partial charge is 0.327 e. The summed E-state index contributed by atoms with van der Waals surface area (Å²) in [6.45, 7) is 0. The molecular weight excluding hydrogens is 420 g/mol. The molecule has 3 heterocycles. The summed E-state index contributed by atoms with van der Waals surface area (Å²) in [5.41, 5.74) is 1.23. The molecule has 31 heavy (non-hydrogen) atoms. The summed E-state index contributed by atoms with van der Waals surface area (Å²) >= 11 is 5.97. The van der Waals surface area contributed by atoms with Crippen molar-refractivity contribution in [3.8, 4) is 11.5 Å². The number of fused-ring (bicyclic) bond motifs is 3. The number of anilines is 1. The lowest BCUT2D eigenvalue weighted by molar-refractivity contribution is -0.133. The second-order valence-corrected chi connectivity index (χ2v) is 7.87. The Balaban J connectivity index is 1.71. The van der Waals surface area contributed by atoms with E-state index in [0.717, 1.165) is 4.90 Å². The fourth-order valence-corrected chi connectivity index (χ4v) is 4.20. The van der Waals surface area contributed by atoms with Gasteiger partial charge < -0.3 is 9.32 Å². The van der Waals surface area contributed by atoms with E-state index in [9.17, 15) is 14.4 Å². The van der Waals surface area contributed by atoms with Gasteiger partial charge in [0.2, 0.25) is 11.8 Å². The fourth-order valence-electron chi connectivity index (χ4n) is 4.08. The highest BCUT2D eigenvalue weighted by Crippen LogP contribution is 2.42. The third-order valence-electron chi connectivity index (χ3n) is 5.63. The van der Waals surface area contributed by atoms with Crippen molar-refractivity contribution in [3.05, 3.63) is 71.1 Å². The first-order valence-corrected chi connectivity index (χ1v) is 9.96. The number of hydrogen-bond donors (Lipinski definition) is 0. The Morgan fingerprint density at radius 2 is 1.65 bits per heavy atom. The molecule has 4 amide bonds. The predicted octanol–water partition coefficient (Wildman–Crippen LogP) is 3.59. The van der Waals surface area contributed by atoms with Crippen molar-refractivity contribution in [3.63, 3.8) is 0 Å². The normalized spacial score (nSPS) is 20.7. The number of amides is 4. The van der Waals surface area contributed by atoms with Crippen LogP contribution in [0.3, 0.4) is 0 Å². The van der Waals surface area contributed by atoms with Crippen LogP contribution in [0.15, 0.2) is 59.0 Å². The monoisotopic (exact) mass is 436 g/mol. The summed E-state index contributed by atoms with van der Waals surface area (Å²) < 4.78 is 5.97. The Kier molecular flexibility index (Phi) is 4.33. The zero-order valence-corrected chi connectivity index (χ0v) is 17.4. The summed E-state index contributed by atoms with van der Waals surface area (Å²) in [7, 11) is 2.98. The summed E-state index contributed by atoms with van der Waals surface area (Å²) in [4.78, 5) is 47.7. The van der Waals surface area contributed by atoms with E-state index < -0.39 is 29.9 Å². The van der Waals surface area contributed by atoms with Gasteiger partial charge in [-0.15, -0.1) is 0 Å². The van der Waals surface area contributed by atoms with E-state index in [1.165, 1.54) is 16.8 Å². The maximum Gasteiger partial charge on any atom is 0.327 e. The van der Waals surface area contributed by atoms with Crippen molar-refractivity contribution in [2.75, 3.05) is 19.0 Å². The van der Waals surface area contributed by atoms with Gasteiger partial charge in [-0.1, -0.05) is 29.8 Å². The molecule has 0 aliphatic carbocycles. The summed E-state index contributed by atoms with van der Waals surface area (Å²) in [5.74, 6) is -1.44. The Labute approximate surface area is 182 Å². The van der Waals surface area contributed by atoms with Gasteiger partial charge in [0.1, 0.15) is 12.1 Å². The standard InChI is InChI=1S/C22H17ClN4O4/c1-25-19-15(20(28)26(2)22(25)30)17-16(21(29)27(19)14-6-4-3-5-7-14)24-18(31-17)12-8-10-13(23)11-9-12/h3-11,15,19H,1-2H3. The summed E-state index contributed by atoms with van der Waals surface area (Å²) in [6, 6.07) is 15.2. The first kappa shape index (κ1) is 19.3. The molecule has 2 atom stereocenters. The molecule has 2 aliphatic heterocycles. The quantitative estimate of drug-likeness (QED) is 0.612. The topological polar surface area (TPSA) is 87.0 Å². The van der Waals surface area contributed by atoms with E-state index in [2.05, 4.69) is 4.98 Å². The predicted molar refractivity (Wildman–Crippen MR) is 113 cm³/mol. The molecule has 0 bridgehead atoms. The molecule has 1 saturated heterocycles. The van der Waals surface area contributed by atoms with Crippen molar-refractivity contribution in [1.82, 2.24) is 14.8 Å².